The quantitative estimate of drug-likeness (QED) is 0.902. The summed E-state index contributed by atoms with van der Waals surface area (Å²) in [5, 5.41) is 10.8. The number of carbonyl (C=O) groups excluding carboxylic acids is 1. The number of nitrogens with one attached hydrogen (secondary N) is 1. The molecular formula is C13H18N6O2. The molecule has 2 amide bonds. The van der Waals surface area contributed by atoms with Gasteiger partial charge in [-0.15, -0.1) is 0 Å². The third-order valence-electron chi connectivity index (χ3n) is 3.49. The van der Waals surface area contributed by atoms with E-state index in [2.05, 4.69) is 20.5 Å². The van der Waals surface area contributed by atoms with Gasteiger partial charge in [-0.05, 0) is 0 Å². The molecular weight excluding hydrogens is 272 g/mol. The van der Waals surface area contributed by atoms with Crippen molar-refractivity contribution in [2.45, 2.75) is 6.54 Å². The van der Waals surface area contributed by atoms with E-state index in [1.807, 2.05) is 18.0 Å². The van der Waals surface area contributed by atoms with Crippen molar-refractivity contribution in [1.29, 1.82) is 0 Å². The van der Waals surface area contributed by atoms with Crippen molar-refractivity contribution >= 4 is 11.7 Å². The Morgan fingerprint density at radius 3 is 2.81 bits per heavy atom. The highest BCUT2D eigenvalue weighted by atomic mass is 16.5. The number of hydrogen-bond donors (Lipinski definition) is 1. The Kier molecular flexibility index (Phi) is 3.87. The van der Waals surface area contributed by atoms with Gasteiger partial charge in [0.1, 0.15) is 6.26 Å². The molecule has 2 aromatic heterocycles. The van der Waals surface area contributed by atoms with E-state index >= 15 is 0 Å². The maximum atomic E-state index is 12.1. The van der Waals surface area contributed by atoms with E-state index in [0.717, 1.165) is 25.3 Å². The van der Waals surface area contributed by atoms with Crippen molar-refractivity contribution in [3.8, 4) is 0 Å². The SMILES string of the molecule is Cn1cc(NC(=O)N2CCN(Cc3ccon3)CC2)cn1. The molecule has 1 saturated heterocycles. The fourth-order valence-corrected chi connectivity index (χ4v) is 2.35. The maximum absolute atomic E-state index is 12.1. The first-order chi connectivity index (χ1) is 10.2. The van der Waals surface area contributed by atoms with E-state index < -0.39 is 0 Å². The molecule has 3 rings (SSSR count). The Balaban J connectivity index is 1.47. The number of anilines is 1. The predicted octanol–water partition coefficient (Wildman–Crippen LogP) is 0.758. The lowest BCUT2D eigenvalue weighted by Crippen LogP contribution is -2.49. The molecule has 21 heavy (non-hydrogen) atoms. The topological polar surface area (TPSA) is 79.4 Å². The molecule has 2 aromatic rings. The van der Waals surface area contributed by atoms with E-state index in [9.17, 15) is 4.79 Å². The molecule has 0 unspecified atom stereocenters. The molecule has 1 aliphatic heterocycles. The van der Waals surface area contributed by atoms with Crippen LogP contribution in [0, 0.1) is 0 Å². The lowest BCUT2D eigenvalue weighted by atomic mass is 10.3. The van der Waals surface area contributed by atoms with E-state index in [4.69, 9.17) is 4.52 Å². The largest absolute Gasteiger partial charge is 0.364 e. The van der Waals surface area contributed by atoms with E-state index in [1.54, 1.807) is 23.3 Å². The Labute approximate surface area is 122 Å². The molecule has 0 aromatic carbocycles. The highest BCUT2D eigenvalue weighted by Gasteiger charge is 2.21. The van der Waals surface area contributed by atoms with Crippen LogP contribution in [0.5, 0.6) is 0 Å². The van der Waals surface area contributed by atoms with Crippen molar-refractivity contribution in [3.05, 3.63) is 30.4 Å². The zero-order valence-corrected chi connectivity index (χ0v) is 11.9. The van der Waals surface area contributed by atoms with Crippen LogP contribution in [0.3, 0.4) is 0 Å². The highest BCUT2D eigenvalue weighted by Crippen LogP contribution is 2.10. The summed E-state index contributed by atoms with van der Waals surface area (Å²) in [5.41, 5.74) is 1.63. The molecule has 8 heteroatoms. The third kappa shape index (κ3) is 3.40. The highest BCUT2D eigenvalue weighted by molar-refractivity contribution is 5.89. The summed E-state index contributed by atoms with van der Waals surface area (Å²) in [7, 11) is 1.82. The molecule has 1 aliphatic rings. The van der Waals surface area contributed by atoms with Crippen LogP contribution >= 0.6 is 0 Å². The van der Waals surface area contributed by atoms with Gasteiger partial charge in [-0.1, -0.05) is 5.16 Å². The van der Waals surface area contributed by atoms with Gasteiger partial charge in [-0.3, -0.25) is 9.58 Å². The van der Waals surface area contributed by atoms with Gasteiger partial charge < -0.3 is 14.7 Å². The van der Waals surface area contributed by atoms with Crippen LogP contribution in [0.1, 0.15) is 5.69 Å². The number of aryl methyl sites for hydroxylation is 1. The lowest BCUT2D eigenvalue weighted by molar-refractivity contribution is 0.141. The molecule has 1 fully saturated rings. The van der Waals surface area contributed by atoms with Crippen LogP contribution in [0.15, 0.2) is 29.2 Å². The van der Waals surface area contributed by atoms with Crippen molar-refractivity contribution in [2.24, 2.45) is 7.05 Å². The fourth-order valence-electron chi connectivity index (χ4n) is 2.35. The van der Waals surface area contributed by atoms with Gasteiger partial charge in [-0.2, -0.15) is 5.10 Å². The molecule has 0 aliphatic carbocycles. The first-order valence-electron chi connectivity index (χ1n) is 6.87. The molecule has 0 radical (unpaired) electrons. The second-order valence-corrected chi connectivity index (χ2v) is 5.09. The number of nitrogens with zero attached hydrogens (tertiary/aromatic N) is 5. The summed E-state index contributed by atoms with van der Waals surface area (Å²) < 4.78 is 6.48. The van der Waals surface area contributed by atoms with Crippen LogP contribution in [0.2, 0.25) is 0 Å². The van der Waals surface area contributed by atoms with Gasteiger partial charge in [0.2, 0.25) is 0 Å². The monoisotopic (exact) mass is 290 g/mol. The average molecular weight is 290 g/mol. The van der Waals surface area contributed by atoms with E-state index in [-0.39, 0.29) is 6.03 Å². The average Bonchev–Trinajstić information content (AvgIpc) is 3.12. The number of carbonyl (C=O) groups is 1. The zero-order valence-electron chi connectivity index (χ0n) is 11.9. The van der Waals surface area contributed by atoms with Crippen molar-refractivity contribution in [3.63, 3.8) is 0 Å². The van der Waals surface area contributed by atoms with Gasteiger partial charge in [0.25, 0.3) is 0 Å². The van der Waals surface area contributed by atoms with E-state index in [1.165, 1.54) is 0 Å². The standard InChI is InChI=1S/C13H18N6O2/c1-17-9-12(8-14-17)15-13(20)19-5-3-18(4-6-19)10-11-2-7-21-16-11/h2,7-9H,3-6,10H2,1H3,(H,15,20). The van der Waals surface area contributed by atoms with Crippen molar-refractivity contribution in [2.75, 3.05) is 31.5 Å². The van der Waals surface area contributed by atoms with Crippen LogP contribution in [0.4, 0.5) is 10.5 Å². The minimum atomic E-state index is -0.0795. The lowest BCUT2D eigenvalue weighted by Gasteiger charge is -2.34. The molecule has 8 nitrogen and oxygen atoms in total. The Hall–Kier alpha value is -2.35. The Bertz CT molecular complexity index is 586. The van der Waals surface area contributed by atoms with Gasteiger partial charge >= 0.3 is 6.03 Å². The van der Waals surface area contributed by atoms with Gasteiger partial charge in [0.15, 0.2) is 0 Å². The molecule has 112 valence electrons. The number of hydrogen-bond acceptors (Lipinski definition) is 5. The summed E-state index contributed by atoms with van der Waals surface area (Å²) in [6.45, 7) is 3.81. The minimum absolute atomic E-state index is 0.0795. The van der Waals surface area contributed by atoms with Crippen LogP contribution < -0.4 is 5.32 Å². The third-order valence-corrected chi connectivity index (χ3v) is 3.49. The Morgan fingerprint density at radius 1 is 1.38 bits per heavy atom. The summed E-state index contributed by atoms with van der Waals surface area (Å²) in [4.78, 5) is 16.2. The number of rotatable bonds is 3. The molecule has 0 bridgehead atoms. The molecule has 0 saturated carbocycles. The molecule has 3 heterocycles. The summed E-state index contributed by atoms with van der Waals surface area (Å²) in [6, 6.07) is 1.78. The number of aromatic nitrogens is 3. The second kappa shape index (κ2) is 5.96. The minimum Gasteiger partial charge on any atom is -0.364 e. The second-order valence-electron chi connectivity index (χ2n) is 5.09. The first-order valence-corrected chi connectivity index (χ1v) is 6.87. The predicted molar refractivity (Wildman–Crippen MR) is 75.6 cm³/mol. The first kappa shape index (κ1) is 13.6. The van der Waals surface area contributed by atoms with Gasteiger partial charge in [-0.25, -0.2) is 4.79 Å². The van der Waals surface area contributed by atoms with Crippen LogP contribution in [0.25, 0.3) is 0 Å². The molecule has 0 spiro atoms. The van der Waals surface area contributed by atoms with Gasteiger partial charge in [0.05, 0.1) is 17.6 Å². The fraction of sp³-hybridized carbons (Fsp3) is 0.462. The smallest absolute Gasteiger partial charge is 0.322 e. The van der Waals surface area contributed by atoms with Crippen LogP contribution in [-0.2, 0) is 13.6 Å². The van der Waals surface area contributed by atoms with Crippen molar-refractivity contribution < 1.29 is 9.32 Å². The summed E-state index contributed by atoms with van der Waals surface area (Å²) in [6.07, 6.45) is 4.99. The zero-order chi connectivity index (χ0) is 14.7. The number of amides is 2. The summed E-state index contributed by atoms with van der Waals surface area (Å²) >= 11 is 0. The maximum Gasteiger partial charge on any atom is 0.322 e. The van der Waals surface area contributed by atoms with Crippen molar-refractivity contribution in [1.82, 2.24) is 24.7 Å². The normalized spacial score (nSPS) is 16.1. The summed E-state index contributed by atoms with van der Waals surface area (Å²) in [5.74, 6) is 0. The van der Waals surface area contributed by atoms with Gasteiger partial charge in [0, 0.05) is 52.0 Å². The number of piperazine rings is 1. The Morgan fingerprint density at radius 2 is 2.19 bits per heavy atom. The molecule has 0 atom stereocenters. The van der Waals surface area contributed by atoms with E-state index in [0.29, 0.717) is 18.8 Å². The molecule has 1 N–H and O–H groups in total. The van der Waals surface area contributed by atoms with Crippen LogP contribution in [-0.4, -0.2) is 56.9 Å². The number of urea groups is 1.